The van der Waals surface area contributed by atoms with Gasteiger partial charge in [0.15, 0.2) is 0 Å². The number of hydrogen-bond donors (Lipinski definition) is 3. The van der Waals surface area contributed by atoms with Crippen LogP contribution in [0.2, 0.25) is 0 Å². The topological polar surface area (TPSA) is 78.0 Å². The van der Waals surface area contributed by atoms with Gasteiger partial charge in [0.1, 0.15) is 5.69 Å². The molecule has 0 aliphatic heterocycles. The second-order valence-corrected chi connectivity index (χ2v) is 5.01. The van der Waals surface area contributed by atoms with Gasteiger partial charge in [0.2, 0.25) is 0 Å². The molecule has 0 aromatic carbocycles. The summed E-state index contributed by atoms with van der Waals surface area (Å²) in [5.41, 5.74) is 1.31. The summed E-state index contributed by atoms with van der Waals surface area (Å²) >= 11 is 0. The molecule has 5 nitrogen and oxygen atoms in total. The molecule has 0 bridgehead atoms. The summed E-state index contributed by atoms with van der Waals surface area (Å²) in [5, 5.41) is 18.9. The number of aromatic amines is 1. The molecule has 1 amide bonds. The molecule has 0 fully saturated rings. The predicted molar refractivity (Wildman–Crippen MR) is 70.5 cm³/mol. The zero-order valence-electron chi connectivity index (χ0n) is 11.5. The molecule has 0 saturated carbocycles. The minimum Gasteiger partial charge on any atom is -0.394 e. The van der Waals surface area contributed by atoms with E-state index in [2.05, 4.69) is 15.5 Å². The highest BCUT2D eigenvalue weighted by Gasteiger charge is 2.20. The van der Waals surface area contributed by atoms with E-state index in [0.717, 1.165) is 12.1 Å². The Kier molecular flexibility index (Phi) is 5.34. The van der Waals surface area contributed by atoms with Crippen molar-refractivity contribution in [2.45, 2.75) is 46.1 Å². The highest BCUT2D eigenvalue weighted by Crippen LogP contribution is 2.13. The number of hydrogen-bond acceptors (Lipinski definition) is 3. The molecule has 5 heteroatoms. The van der Waals surface area contributed by atoms with Gasteiger partial charge in [-0.15, -0.1) is 0 Å². The Bertz CT molecular complexity index is 387. The highest BCUT2D eigenvalue weighted by atomic mass is 16.3. The van der Waals surface area contributed by atoms with Crippen molar-refractivity contribution in [2.24, 2.45) is 5.92 Å². The molecular weight excluding hydrogens is 230 g/mol. The van der Waals surface area contributed by atoms with Gasteiger partial charge in [0.05, 0.1) is 12.6 Å². The minimum atomic E-state index is -0.238. The number of aliphatic hydroxyl groups is 1. The van der Waals surface area contributed by atoms with Crippen LogP contribution in [0.15, 0.2) is 6.07 Å². The summed E-state index contributed by atoms with van der Waals surface area (Å²) in [6.07, 6.45) is 0.906. The van der Waals surface area contributed by atoms with Gasteiger partial charge in [0.25, 0.3) is 5.91 Å². The van der Waals surface area contributed by atoms with E-state index < -0.39 is 0 Å². The number of carbonyl (C=O) groups is 1. The third-order valence-corrected chi connectivity index (χ3v) is 3.30. The number of amides is 1. The fraction of sp³-hybridized carbons (Fsp3) is 0.692. The summed E-state index contributed by atoms with van der Waals surface area (Å²) in [6.45, 7) is 8.05. The van der Waals surface area contributed by atoms with Crippen LogP contribution in [0.25, 0.3) is 0 Å². The highest BCUT2D eigenvalue weighted by molar-refractivity contribution is 5.92. The Labute approximate surface area is 108 Å². The molecule has 0 spiro atoms. The van der Waals surface area contributed by atoms with Gasteiger partial charge in [0, 0.05) is 5.69 Å². The van der Waals surface area contributed by atoms with E-state index in [4.69, 9.17) is 0 Å². The lowest BCUT2D eigenvalue weighted by Gasteiger charge is -2.21. The molecule has 102 valence electrons. The Morgan fingerprint density at radius 1 is 1.50 bits per heavy atom. The minimum absolute atomic E-state index is 0.0534. The van der Waals surface area contributed by atoms with Gasteiger partial charge in [-0.1, -0.05) is 34.1 Å². The number of rotatable bonds is 6. The maximum Gasteiger partial charge on any atom is 0.272 e. The summed E-state index contributed by atoms with van der Waals surface area (Å²) in [5.74, 6) is 0.308. The molecule has 0 aliphatic carbocycles. The van der Waals surface area contributed by atoms with Crippen molar-refractivity contribution in [3.8, 4) is 0 Å². The zero-order valence-corrected chi connectivity index (χ0v) is 11.5. The van der Waals surface area contributed by atoms with Crippen molar-refractivity contribution in [3.05, 3.63) is 17.5 Å². The van der Waals surface area contributed by atoms with Crippen LogP contribution < -0.4 is 5.32 Å². The number of aliphatic hydroxyl groups excluding tert-OH is 1. The van der Waals surface area contributed by atoms with Gasteiger partial charge < -0.3 is 10.4 Å². The monoisotopic (exact) mass is 253 g/mol. The SMILES string of the molecule is CC[C@@H](C)[C@H](CO)NC(=O)c1cc(C(C)C)[nH]n1. The van der Waals surface area contributed by atoms with E-state index in [-0.39, 0.29) is 24.5 Å². The molecule has 0 unspecified atom stereocenters. The first-order chi connectivity index (χ1) is 8.49. The van der Waals surface area contributed by atoms with Crippen molar-refractivity contribution < 1.29 is 9.90 Å². The molecule has 0 saturated heterocycles. The molecule has 0 aliphatic rings. The summed E-state index contributed by atoms with van der Waals surface area (Å²) in [7, 11) is 0. The van der Waals surface area contributed by atoms with Gasteiger partial charge in [-0.2, -0.15) is 5.10 Å². The number of H-pyrrole nitrogens is 1. The number of carbonyl (C=O) groups excluding carboxylic acids is 1. The van der Waals surface area contributed by atoms with Crippen molar-refractivity contribution in [3.63, 3.8) is 0 Å². The fourth-order valence-electron chi connectivity index (χ4n) is 1.64. The molecule has 1 aromatic heterocycles. The number of aromatic nitrogens is 2. The lowest BCUT2D eigenvalue weighted by Crippen LogP contribution is -2.42. The smallest absolute Gasteiger partial charge is 0.272 e. The molecule has 3 N–H and O–H groups in total. The van der Waals surface area contributed by atoms with E-state index in [1.54, 1.807) is 6.07 Å². The first-order valence-corrected chi connectivity index (χ1v) is 6.46. The van der Waals surface area contributed by atoms with Crippen molar-refractivity contribution in [1.29, 1.82) is 0 Å². The lowest BCUT2D eigenvalue weighted by atomic mass is 10.00. The van der Waals surface area contributed by atoms with Gasteiger partial charge in [-0.3, -0.25) is 9.89 Å². The Balaban J connectivity index is 2.68. The number of nitrogens with zero attached hydrogens (tertiary/aromatic N) is 1. The quantitative estimate of drug-likeness (QED) is 0.721. The molecule has 2 atom stereocenters. The van der Waals surface area contributed by atoms with Crippen molar-refractivity contribution >= 4 is 5.91 Å². The van der Waals surface area contributed by atoms with E-state index in [9.17, 15) is 9.90 Å². The first-order valence-electron chi connectivity index (χ1n) is 6.46. The van der Waals surface area contributed by atoms with E-state index >= 15 is 0 Å². The van der Waals surface area contributed by atoms with Crippen molar-refractivity contribution in [1.82, 2.24) is 15.5 Å². The second-order valence-electron chi connectivity index (χ2n) is 5.01. The summed E-state index contributed by atoms with van der Waals surface area (Å²) < 4.78 is 0. The molecule has 0 radical (unpaired) electrons. The molecule has 1 aromatic rings. The standard InChI is InChI=1S/C13H23N3O2/c1-5-9(4)12(7-17)14-13(18)11-6-10(8(2)3)15-16-11/h6,8-9,12,17H,5,7H2,1-4H3,(H,14,18)(H,15,16)/t9-,12+/m1/s1. The molecule has 18 heavy (non-hydrogen) atoms. The zero-order chi connectivity index (χ0) is 13.7. The van der Waals surface area contributed by atoms with E-state index in [1.165, 1.54) is 0 Å². The van der Waals surface area contributed by atoms with Gasteiger partial charge in [-0.05, 0) is 17.9 Å². The Morgan fingerprint density at radius 3 is 2.61 bits per heavy atom. The van der Waals surface area contributed by atoms with E-state index in [1.807, 2.05) is 27.7 Å². The Hall–Kier alpha value is -1.36. The normalized spacial score (nSPS) is 14.6. The third-order valence-electron chi connectivity index (χ3n) is 3.30. The van der Waals surface area contributed by atoms with Crippen LogP contribution in [-0.2, 0) is 0 Å². The Morgan fingerprint density at radius 2 is 2.17 bits per heavy atom. The van der Waals surface area contributed by atoms with Crippen LogP contribution >= 0.6 is 0 Å². The molecular formula is C13H23N3O2. The second kappa shape index (κ2) is 6.54. The number of nitrogens with one attached hydrogen (secondary N) is 2. The summed E-state index contributed by atoms with van der Waals surface area (Å²) in [6, 6.07) is 1.53. The predicted octanol–water partition coefficient (Wildman–Crippen LogP) is 1.67. The lowest BCUT2D eigenvalue weighted by molar-refractivity contribution is 0.0886. The largest absolute Gasteiger partial charge is 0.394 e. The van der Waals surface area contributed by atoms with Crippen molar-refractivity contribution in [2.75, 3.05) is 6.61 Å². The average molecular weight is 253 g/mol. The summed E-state index contributed by atoms with van der Waals surface area (Å²) in [4.78, 5) is 12.0. The average Bonchev–Trinajstić information content (AvgIpc) is 2.84. The maximum absolute atomic E-state index is 12.0. The van der Waals surface area contributed by atoms with Crippen LogP contribution in [0, 0.1) is 5.92 Å². The van der Waals surface area contributed by atoms with Crippen LogP contribution in [0.4, 0.5) is 0 Å². The van der Waals surface area contributed by atoms with Crippen LogP contribution in [0.1, 0.15) is 56.2 Å². The first kappa shape index (κ1) is 14.7. The van der Waals surface area contributed by atoms with Crippen LogP contribution in [0.5, 0.6) is 0 Å². The van der Waals surface area contributed by atoms with Gasteiger partial charge >= 0.3 is 0 Å². The fourth-order valence-corrected chi connectivity index (χ4v) is 1.64. The third kappa shape index (κ3) is 3.57. The van der Waals surface area contributed by atoms with Crippen LogP contribution in [0.3, 0.4) is 0 Å². The molecule has 1 rings (SSSR count). The van der Waals surface area contributed by atoms with Gasteiger partial charge in [-0.25, -0.2) is 0 Å². The maximum atomic E-state index is 12.0. The van der Waals surface area contributed by atoms with E-state index in [0.29, 0.717) is 11.6 Å². The molecule has 1 heterocycles. The van der Waals surface area contributed by atoms with Crippen LogP contribution in [-0.4, -0.2) is 33.9 Å².